The van der Waals surface area contributed by atoms with Crippen molar-refractivity contribution in [2.75, 3.05) is 40.2 Å². The maximum atomic E-state index is 13.1. The smallest absolute Gasteiger partial charge is 0.493 e. The Kier molecular flexibility index (Phi) is 6.68. The molecule has 12 heteroatoms. The van der Waals surface area contributed by atoms with Gasteiger partial charge in [-0.2, -0.15) is 0 Å². The van der Waals surface area contributed by atoms with Crippen molar-refractivity contribution >= 4 is 5.91 Å². The third kappa shape index (κ3) is 5.02. The summed E-state index contributed by atoms with van der Waals surface area (Å²) >= 11 is 0. The monoisotopic (exact) mass is 469 g/mol. The van der Waals surface area contributed by atoms with Gasteiger partial charge in [0.1, 0.15) is 19.5 Å². The van der Waals surface area contributed by atoms with Crippen LogP contribution in [-0.2, 0) is 19.8 Å². The molecule has 0 spiro atoms. The van der Waals surface area contributed by atoms with Crippen LogP contribution in [0.3, 0.4) is 0 Å². The van der Waals surface area contributed by atoms with Crippen molar-refractivity contribution < 1.29 is 41.7 Å². The van der Waals surface area contributed by atoms with E-state index in [4.69, 9.17) is 18.9 Å². The van der Waals surface area contributed by atoms with Crippen molar-refractivity contribution in [3.8, 4) is 11.5 Å². The maximum absolute atomic E-state index is 13.1. The zero-order valence-electron chi connectivity index (χ0n) is 17.7. The van der Waals surface area contributed by atoms with Crippen LogP contribution >= 0.6 is 0 Å². The Morgan fingerprint density at radius 2 is 2.03 bits per heavy atom. The SMILES string of the molecule is COc1cc(C(=O)N2CCC3(c4ncccn4)OCOC3C2)ccc1OCCOC(F)(F)F. The van der Waals surface area contributed by atoms with Gasteiger partial charge in [0, 0.05) is 30.9 Å². The molecule has 2 aromatic rings. The minimum Gasteiger partial charge on any atom is -0.493 e. The molecule has 9 nitrogen and oxygen atoms in total. The van der Waals surface area contributed by atoms with Crippen molar-refractivity contribution in [1.82, 2.24) is 14.9 Å². The van der Waals surface area contributed by atoms with E-state index in [0.29, 0.717) is 24.4 Å². The van der Waals surface area contributed by atoms with E-state index >= 15 is 0 Å². The van der Waals surface area contributed by atoms with Crippen LogP contribution in [0.15, 0.2) is 36.7 Å². The van der Waals surface area contributed by atoms with Crippen molar-refractivity contribution in [2.24, 2.45) is 0 Å². The number of methoxy groups -OCH3 is 1. The normalized spacial score (nSPS) is 22.7. The summed E-state index contributed by atoms with van der Waals surface area (Å²) in [5.41, 5.74) is -0.459. The molecule has 2 saturated heterocycles. The molecule has 3 heterocycles. The Bertz CT molecular complexity index is 977. The van der Waals surface area contributed by atoms with Crippen molar-refractivity contribution in [3.63, 3.8) is 0 Å². The van der Waals surface area contributed by atoms with Gasteiger partial charge in [-0.3, -0.25) is 9.53 Å². The molecule has 178 valence electrons. The second kappa shape index (κ2) is 9.49. The van der Waals surface area contributed by atoms with E-state index in [2.05, 4.69) is 14.7 Å². The largest absolute Gasteiger partial charge is 0.522 e. The molecule has 2 fully saturated rings. The molecule has 1 amide bonds. The first-order valence-electron chi connectivity index (χ1n) is 10.2. The van der Waals surface area contributed by atoms with Crippen LogP contribution in [0.25, 0.3) is 0 Å². The summed E-state index contributed by atoms with van der Waals surface area (Å²) in [6.45, 7) is -0.239. The summed E-state index contributed by atoms with van der Waals surface area (Å²) in [5, 5.41) is 0. The van der Waals surface area contributed by atoms with Gasteiger partial charge in [-0.25, -0.2) is 9.97 Å². The van der Waals surface area contributed by atoms with E-state index in [1.807, 2.05) is 0 Å². The van der Waals surface area contributed by atoms with Crippen LogP contribution in [0, 0.1) is 0 Å². The van der Waals surface area contributed by atoms with Gasteiger partial charge in [0.15, 0.2) is 22.9 Å². The first-order chi connectivity index (χ1) is 15.8. The number of likely N-dealkylation sites (tertiary alicyclic amines) is 1. The molecule has 2 aliphatic rings. The van der Waals surface area contributed by atoms with Crippen LogP contribution in [0.4, 0.5) is 13.2 Å². The van der Waals surface area contributed by atoms with E-state index in [9.17, 15) is 18.0 Å². The second-order valence-corrected chi connectivity index (χ2v) is 7.39. The number of carbonyl (C=O) groups excluding carboxylic acids is 1. The number of amides is 1. The van der Waals surface area contributed by atoms with Gasteiger partial charge in [-0.15, -0.1) is 13.2 Å². The Morgan fingerprint density at radius 3 is 2.76 bits per heavy atom. The van der Waals surface area contributed by atoms with Gasteiger partial charge in [-0.1, -0.05) is 0 Å². The lowest BCUT2D eigenvalue weighted by molar-refractivity contribution is -0.325. The highest BCUT2D eigenvalue weighted by Gasteiger charge is 2.53. The van der Waals surface area contributed by atoms with Gasteiger partial charge in [0.05, 0.1) is 20.3 Å². The number of rotatable bonds is 7. The standard InChI is InChI=1S/C21H22F3N3O6/c1-29-16-11-14(3-4-15(16)30-9-10-32-21(22,23)24)18(28)27-8-5-20(17(12-27)31-13-33-20)19-25-6-2-7-26-19/h2-4,6-7,11,17H,5,8-10,12-13H2,1H3. The number of aromatic nitrogens is 2. The minimum absolute atomic E-state index is 0.0862. The fraction of sp³-hybridized carbons (Fsp3) is 0.476. The number of fused-ring (bicyclic) bond motifs is 1. The van der Waals surface area contributed by atoms with Crippen LogP contribution in [-0.4, -0.2) is 73.4 Å². The van der Waals surface area contributed by atoms with E-state index in [-0.39, 0.29) is 37.4 Å². The Balaban J connectivity index is 1.42. The molecular weight excluding hydrogens is 447 g/mol. The van der Waals surface area contributed by atoms with E-state index in [1.54, 1.807) is 23.4 Å². The van der Waals surface area contributed by atoms with E-state index < -0.39 is 24.7 Å². The van der Waals surface area contributed by atoms with Gasteiger partial charge in [-0.05, 0) is 24.3 Å². The summed E-state index contributed by atoms with van der Waals surface area (Å²) in [7, 11) is 1.38. The Labute approximate surface area is 187 Å². The lowest BCUT2D eigenvalue weighted by Crippen LogP contribution is -2.54. The molecule has 4 rings (SSSR count). The zero-order chi connectivity index (χ0) is 23.5. The topological polar surface area (TPSA) is 92.2 Å². The average Bonchev–Trinajstić information content (AvgIpc) is 3.26. The van der Waals surface area contributed by atoms with Gasteiger partial charge >= 0.3 is 6.36 Å². The lowest BCUT2D eigenvalue weighted by Gasteiger charge is -2.40. The summed E-state index contributed by atoms with van der Waals surface area (Å²) in [5.74, 6) is 0.694. The quantitative estimate of drug-likeness (QED) is 0.572. The number of benzene rings is 1. The number of ether oxygens (including phenoxy) is 5. The molecule has 2 atom stereocenters. The number of hydrogen-bond acceptors (Lipinski definition) is 8. The van der Waals surface area contributed by atoms with Gasteiger partial charge in [0.25, 0.3) is 5.91 Å². The van der Waals surface area contributed by atoms with Crippen LogP contribution in [0.2, 0.25) is 0 Å². The highest BCUT2D eigenvalue weighted by molar-refractivity contribution is 5.95. The highest BCUT2D eigenvalue weighted by atomic mass is 19.4. The predicted molar refractivity (Wildman–Crippen MR) is 106 cm³/mol. The van der Waals surface area contributed by atoms with Crippen LogP contribution < -0.4 is 9.47 Å². The molecule has 33 heavy (non-hydrogen) atoms. The van der Waals surface area contributed by atoms with Crippen LogP contribution in [0.1, 0.15) is 22.6 Å². The van der Waals surface area contributed by atoms with E-state index in [0.717, 1.165) is 0 Å². The highest BCUT2D eigenvalue weighted by Crippen LogP contribution is 2.41. The van der Waals surface area contributed by atoms with Gasteiger partial charge in [0.2, 0.25) is 0 Å². The number of alkyl halides is 3. The molecule has 2 unspecified atom stereocenters. The number of halogens is 3. The van der Waals surface area contributed by atoms with Crippen molar-refractivity contribution in [2.45, 2.75) is 24.5 Å². The summed E-state index contributed by atoms with van der Waals surface area (Å²) < 4.78 is 62.1. The number of nitrogens with zero attached hydrogens (tertiary/aromatic N) is 3. The molecule has 0 radical (unpaired) electrons. The maximum Gasteiger partial charge on any atom is 0.522 e. The fourth-order valence-electron chi connectivity index (χ4n) is 3.91. The summed E-state index contributed by atoms with van der Waals surface area (Å²) in [6.07, 6.45) is -1.41. The summed E-state index contributed by atoms with van der Waals surface area (Å²) in [6, 6.07) is 6.20. The first kappa shape index (κ1) is 23.2. The lowest BCUT2D eigenvalue weighted by atomic mass is 9.87. The molecule has 0 saturated carbocycles. The third-order valence-corrected chi connectivity index (χ3v) is 5.49. The van der Waals surface area contributed by atoms with Crippen molar-refractivity contribution in [3.05, 3.63) is 48.0 Å². The molecule has 1 aromatic carbocycles. The Morgan fingerprint density at radius 1 is 1.24 bits per heavy atom. The molecular formula is C21H22F3N3O6. The van der Waals surface area contributed by atoms with E-state index in [1.165, 1.54) is 25.3 Å². The number of piperidine rings is 1. The molecule has 0 aliphatic carbocycles. The number of carbonyl (C=O) groups is 1. The molecule has 1 aromatic heterocycles. The molecule has 2 aliphatic heterocycles. The molecule has 0 N–H and O–H groups in total. The fourth-order valence-corrected chi connectivity index (χ4v) is 3.91. The Hall–Kier alpha value is -2.96. The summed E-state index contributed by atoms with van der Waals surface area (Å²) in [4.78, 5) is 23.4. The van der Waals surface area contributed by atoms with Crippen LogP contribution in [0.5, 0.6) is 11.5 Å². The third-order valence-electron chi connectivity index (χ3n) is 5.49. The van der Waals surface area contributed by atoms with Crippen molar-refractivity contribution in [1.29, 1.82) is 0 Å². The minimum atomic E-state index is -4.73. The predicted octanol–water partition coefficient (Wildman–Crippen LogP) is 2.51. The average molecular weight is 469 g/mol. The first-order valence-corrected chi connectivity index (χ1v) is 10.2. The second-order valence-electron chi connectivity index (χ2n) is 7.39. The number of hydrogen-bond donors (Lipinski definition) is 0. The van der Waals surface area contributed by atoms with Gasteiger partial charge < -0.3 is 23.8 Å². The zero-order valence-corrected chi connectivity index (χ0v) is 17.7. The molecule has 0 bridgehead atoms.